The van der Waals surface area contributed by atoms with Crippen LogP contribution in [0.15, 0.2) is 65.6 Å². The fraction of sp³-hybridized carbons (Fsp3) is 0.208. The lowest BCUT2D eigenvalue weighted by atomic mass is 10.1. The van der Waals surface area contributed by atoms with Crippen LogP contribution in [-0.2, 0) is 16.6 Å². The highest BCUT2D eigenvalue weighted by Gasteiger charge is 2.22. The SMILES string of the molecule is Cc1ccc(CN(C)C(=O)c2ccc(Cl)c(S(=O)(=O)Nc3cc(C)ccc3C)c2)cc1. The van der Waals surface area contributed by atoms with Crippen LogP contribution in [0.5, 0.6) is 0 Å². The van der Waals surface area contributed by atoms with Crippen molar-refractivity contribution in [2.45, 2.75) is 32.2 Å². The summed E-state index contributed by atoms with van der Waals surface area (Å²) >= 11 is 6.20. The number of carbonyl (C=O) groups excluding carboxylic acids is 1. The molecule has 3 rings (SSSR count). The van der Waals surface area contributed by atoms with Crippen LogP contribution < -0.4 is 4.72 Å². The van der Waals surface area contributed by atoms with Crippen molar-refractivity contribution in [2.75, 3.05) is 11.8 Å². The minimum Gasteiger partial charge on any atom is -0.337 e. The minimum absolute atomic E-state index is 0.0514. The van der Waals surface area contributed by atoms with Crippen LogP contribution in [0.3, 0.4) is 0 Å². The molecule has 0 fully saturated rings. The van der Waals surface area contributed by atoms with Gasteiger partial charge in [-0.05, 0) is 61.7 Å². The van der Waals surface area contributed by atoms with E-state index in [0.29, 0.717) is 12.2 Å². The molecule has 0 aromatic heterocycles. The molecule has 3 aromatic carbocycles. The van der Waals surface area contributed by atoms with Crippen molar-refractivity contribution in [2.24, 2.45) is 0 Å². The van der Waals surface area contributed by atoms with Gasteiger partial charge < -0.3 is 4.90 Å². The standard InChI is InChI=1S/C24H25ClN2O3S/c1-16-6-9-19(10-7-16)15-27(4)24(28)20-11-12-21(25)23(14-20)31(29,30)26-22-13-17(2)5-8-18(22)3/h5-14,26H,15H2,1-4H3. The Labute approximate surface area is 188 Å². The number of amides is 1. The van der Waals surface area contributed by atoms with Crippen LogP contribution >= 0.6 is 11.6 Å². The molecule has 0 aliphatic carbocycles. The molecule has 1 amide bonds. The molecule has 162 valence electrons. The second-order valence-electron chi connectivity index (χ2n) is 7.72. The average molecular weight is 457 g/mol. The number of hydrogen-bond acceptors (Lipinski definition) is 3. The van der Waals surface area contributed by atoms with E-state index >= 15 is 0 Å². The molecule has 5 nitrogen and oxygen atoms in total. The molecule has 0 spiro atoms. The second-order valence-corrected chi connectivity index (χ2v) is 9.77. The first-order valence-corrected chi connectivity index (χ1v) is 11.6. The first kappa shape index (κ1) is 22.8. The molecule has 1 N–H and O–H groups in total. The molecule has 0 saturated heterocycles. The van der Waals surface area contributed by atoms with Gasteiger partial charge in [0.2, 0.25) is 0 Å². The molecule has 7 heteroatoms. The maximum Gasteiger partial charge on any atom is 0.263 e. The normalized spacial score (nSPS) is 11.3. The molecule has 0 atom stereocenters. The number of rotatable bonds is 6. The van der Waals surface area contributed by atoms with Crippen molar-refractivity contribution >= 4 is 33.2 Å². The number of carbonyl (C=O) groups is 1. The Morgan fingerprint density at radius 2 is 1.58 bits per heavy atom. The van der Waals surface area contributed by atoms with E-state index in [4.69, 9.17) is 11.6 Å². The van der Waals surface area contributed by atoms with Gasteiger partial charge in [0, 0.05) is 19.2 Å². The van der Waals surface area contributed by atoms with Crippen molar-refractivity contribution in [3.05, 3.63) is 93.5 Å². The van der Waals surface area contributed by atoms with Crippen LogP contribution in [-0.4, -0.2) is 26.3 Å². The van der Waals surface area contributed by atoms with E-state index < -0.39 is 10.0 Å². The van der Waals surface area contributed by atoms with Gasteiger partial charge in [-0.25, -0.2) is 8.42 Å². The van der Waals surface area contributed by atoms with E-state index in [1.54, 1.807) is 18.0 Å². The highest BCUT2D eigenvalue weighted by molar-refractivity contribution is 7.92. The summed E-state index contributed by atoms with van der Waals surface area (Å²) in [5, 5.41) is 0.0514. The lowest BCUT2D eigenvalue weighted by molar-refractivity contribution is 0.0785. The summed E-state index contributed by atoms with van der Waals surface area (Å²) in [6.45, 7) is 6.11. The van der Waals surface area contributed by atoms with E-state index in [0.717, 1.165) is 22.3 Å². The lowest BCUT2D eigenvalue weighted by Crippen LogP contribution is -2.26. The van der Waals surface area contributed by atoms with E-state index in [-0.39, 0.29) is 21.4 Å². The molecular formula is C24H25ClN2O3S. The van der Waals surface area contributed by atoms with E-state index in [1.807, 2.05) is 57.2 Å². The van der Waals surface area contributed by atoms with Crippen LogP contribution in [0.4, 0.5) is 5.69 Å². The molecule has 0 radical (unpaired) electrons. The van der Waals surface area contributed by atoms with Gasteiger partial charge in [-0.15, -0.1) is 0 Å². The zero-order chi connectivity index (χ0) is 22.8. The summed E-state index contributed by atoms with van der Waals surface area (Å²) in [7, 11) is -2.30. The number of sulfonamides is 1. The zero-order valence-corrected chi connectivity index (χ0v) is 19.5. The fourth-order valence-corrected chi connectivity index (χ4v) is 4.80. The molecule has 0 unspecified atom stereocenters. The number of benzene rings is 3. The maximum atomic E-state index is 13.0. The zero-order valence-electron chi connectivity index (χ0n) is 17.9. The summed E-state index contributed by atoms with van der Waals surface area (Å²) in [5.74, 6) is -0.291. The minimum atomic E-state index is -3.98. The molecule has 0 bridgehead atoms. The number of nitrogens with zero attached hydrogens (tertiary/aromatic N) is 1. The monoisotopic (exact) mass is 456 g/mol. The molecule has 0 aliphatic heterocycles. The third-order valence-electron chi connectivity index (χ3n) is 4.99. The topological polar surface area (TPSA) is 66.5 Å². The predicted octanol–water partition coefficient (Wildman–Crippen LogP) is 5.34. The van der Waals surface area contributed by atoms with Gasteiger partial charge in [-0.1, -0.05) is 53.6 Å². The Kier molecular flexibility index (Phi) is 6.72. The number of hydrogen-bond donors (Lipinski definition) is 1. The Morgan fingerprint density at radius 3 is 2.26 bits per heavy atom. The largest absolute Gasteiger partial charge is 0.337 e. The summed E-state index contributed by atoms with van der Waals surface area (Å²) in [6.07, 6.45) is 0. The third kappa shape index (κ3) is 5.46. The van der Waals surface area contributed by atoms with Crippen LogP contribution in [0.25, 0.3) is 0 Å². The van der Waals surface area contributed by atoms with Crippen molar-refractivity contribution in [1.29, 1.82) is 0 Å². The lowest BCUT2D eigenvalue weighted by Gasteiger charge is -2.18. The first-order valence-electron chi connectivity index (χ1n) is 9.77. The fourth-order valence-electron chi connectivity index (χ4n) is 3.15. The van der Waals surface area contributed by atoms with Crippen LogP contribution in [0.1, 0.15) is 32.6 Å². The van der Waals surface area contributed by atoms with Gasteiger partial charge >= 0.3 is 0 Å². The molecule has 0 aliphatic rings. The Hall–Kier alpha value is -2.83. The van der Waals surface area contributed by atoms with Gasteiger partial charge in [0.25, 0.3) is 15.9 Å². The third-order valence-corrected chi connectivity index (χ3v) is 6.84. The molecular weight excluding hydrogens is 432 g/mol. The van der Waals surface area contributed by atoms with Crippen LogP contribution in [0, 0.1) is 20.8 Å². The van der Waals surface area contributed by atoms with Crippen molar-refractivity contribution in [3.63, 3.8) is 0 Å². The molecule has 0 saturated carbocycles. The Morgan fingerprint density at radius 1 is 0.935 bits per heavy atom. The van der Waals surface area contributed by atoms with E-state index in [1.165, 1.54) is 18.2 Å². The smallest absolute Gasteiger partial charge is 0.263 e. The average Bonchev–Trinajstić information content (AvgIpc) is 2.72. The highest BCUT2D eigenvalue weighted by Crippen LogP contribution is 2.27. The number of halogens is 1. The highest BCUT2D eigenvalue weighted by atomic mass is 35.5. The second kappa shape index (κ2) is 9.12. The summed E-state index contributed by atoms with van der Waals surface area (Å²) < 4.78 is 28.7. The molecule has 0 heterocycles. The van der Waals surface area contributed by atoms with Crippen molar-refractivity contribution < 1.29 is 13.2 Å². The molecule has 31 heavy (non-hydrogen) atoms. The van der Waals surface area contributed by atoms with Gasteiger partial charge in [0.1, 0.15) is 4.90 Å². The Bertz CT molecular complexity index is 1220. The summed E-state index contributed by atoms with van der Waals surface area (Å²) in [5.41, 5.74) is 4.57. The number of aryl methyl sites for hydroxylation is 3. The Balaban J connectivity index is 1.87. The van der Waals surface area contributed by atoms with Crippen LogP contribution in [0.2, 0.25) is 5.02 Å². The molecule has 3 aromatic rings. The van der Waals surface area contributed by atoms with Gasteiger partial charge in [0.05, 0.1) is 10.7 Å². The number of nitrogens with one attached hydrogen (secondary N) is 1. The summed E-state index contributed by atoms with van der Waals surface area (Å²) in [6, 6.07) is 17.7. The summed E-state index contributed by atoms with van der Waals surface area (Å²) in [4.78, 5) is 14.3. The van der Waals surface area contributed by atoms with E-state index in [2.05, 4.69) is 4.72 Å². The van der Waals surface area contributed by atoms with Gasteiger partial charge in [-0.3, -0.25) is 9.52 Å². The van der Waals surface area contributed by atoms with Gasteiger partial charge in [0.15, 0.2) is 0 Å². The maximum absolute atomic E-state index is 13.0. The van der Waals surface area contributed by atoms with Gasteiger partial charge in [-0.2, -0.15) is 0 Å². The van der Waals surface area contributed by atoms with Crippen molar-refractivity contribution in [1.82, 2.24) is 4.90 Å². The predicted molar refractivity (Wildman–Crippen MR) is 125 cm³/mol. The van der Waals surface area contributed by atoms with E-state index in [9.17, 15) is 13.2 Å². The van der Waals surface area contributed by atoms with Crippen molar-refractivity contribution in [3.8, 4) is 0 Å². The first-order chi connectivity index (χ1) is 14.6. The quantitative estimate of drug-likeness (QED) is 0.544. The number of anilines is 1.